The van der Waals surface area contributed by atoms with Crippen molar-refractivity contribution in [3.05, 3.63) is 47.0 Å². The van der Waals surface area contributed by atoms with Crippen LogP contribution in [-0.4, -0.2) is 15.0 Å². The standard InChI is InChI=1S/C14H18N4/c1-3-6-12-16-13(18-14(15)17-12)9-11-8-5-4-7-10(11)2/h4-5,7-8H,3,6,9H2,1-2H3,(H2,15,16,17,18). The summed E-state index contributed by atoms with van der Waals surface area (Å²) in [5, 5.41) is 0. The highest BCUT2D eigenvalue weighted by molar-refractivity contribution is 5.29. The SMILES string of the molecule is CCCc1nc(N)nc(Cc2ccccc2C)n1. The Morgan fingerprint density at radius 2 is 1.78 bits per heavy atom. The molecule has 0 aliphatic rings. The van der Waals surface area contributed by atoms with Crippen LogP contribution < -0.4 is 5.73 Å². The summed E-state index contributed by atoms with van der Waals surface area (Å²) in [6.07, 6.45) is 2.55. The molecule has 0 amide bonds. The van der Waals surface area contributed by atoms with Crippen molar-refractivity contribution >= 4 is 5.95 Å². The molecular weight excluding hydrogens is 224 g/mol. The molecular formula is C14H18N4. The number of hydrogen-bond acceptors (Lipinski definition) is 4. The predicted octanol–water partition coefficient (Wildman–Crippen LogP) is 2.31. The Morgan fingerprint density at radius 3 is 2.50 bits per heavy atom. The smallest absolute Gasteiger partial charge is 0.223 e. The highest BCUT2D eigenvalue weighted by Gasteiger charge is 2.06. The van der Waals surface area contributed by atoms with E-state index >= 15 is 0 Å². The van der Waals surface area contributed by atoms with Crippen LogP contribution in [0.4, 0.5) is 5.95 Å². The molecule has 1 heterocycles. The van der Waals surface area contributed by atoms with Crippen LogP contribution in [0.15, 0.2) is 24.3 Å². The summed E-state index contributed by atoms with van der Waals surface area (Å²) in [7, 11) is 0. The zero-order valence-corrected chi connectivity index (χ0v) is 10.8. The number of anilines is 1. The highest BCUT2D eigenvalue weighted by atomic mass is 15.1. The highest BCUT2D eigenvalue weighted by Crippen LogP contribution is 2.12. The van der Waals surface area contributed by atoms with E-state index in [1.54, 1.807) is 0 Å². The lowest BCUT2D eigenvalue weighted by atomic mass is 10.1. The lowest BCUT2D eigenvalue weighted by Crippen LogP contribution is -2.08. The maximum atomic E-state index is 5.72. The molecule has 0 bridgehead atoms. The molecule has 0 aliphatic carbocycles. The molecule has 2 N–H and O–H groups in total. The van der Waals surface area contributed by atoms with Crippen LogP contribution in [0.1, 0.15) is 36.1 Å². The molecule has 2 aromatic rings. The van der Waals surface area contributed by atoms with E-state index in [0.717, 1.165) is 24.5 Å². The Bertz CT molecular complexity index is 537. The summed E-state index contributed by atoms with van der Waals surface area (Å²) >= 11 is 0. The Labute approximate surface area is 107 Å². The van der Waals surface area contributed by atoms with Crippen molar-refractivity contribution in [2.24, 2.45) is 0 Å². The van der Waals surface area contributed by atoms with Gasteiger partial charge in [-0.25, -0.2) is 4.98 Å². The Balaban J connectivity index is 2.26. The summed E-state index contributed by atoms with van der Waals surface area (Å²) in [5.41, 5.74) is 8.19. The average molecular weight is 242 g/mol. The van der Waals surface area contributed by atoms with Gasteiger partial charge in [-0.2, -0.15) is 9.97 Å². The number of aryl methyl sites for hydroxylation is 2. The third-order valence-corrected chi connectivity index (χ3v) is 2.83. The molecule has 0 atom stereocenters. The monoisotopic (exact) mass is 242 g/mol. The molecule has 0 fully saturated rings. The van der Waals surface area contributed by atoms with Gasteiger partial charge < -0.3 is 5.73 Å². The van der Waals surface area contributed by atoms with Crippen molar-refractivity contribution in [1.29, 1.82) is 0 Å². The van der Waals surface area contributed by atoms with Crippen LogP contribution in [0, 0.1) is 6.92 Å². The molecule has 0 radical (unpaired) electrons. The predicted molar refractivity (Wildman–Crippen MR) is 72.2 cm³/mol. The Kier molecular flexibility index (Phi) is 3.87. The van der Waals surface area contributed by atoms with E-state index in [1.807, 2.05) is 12.1 Å². The van der Waals surface area contributed by atoms with E-state index in [4.69, 9.17) is 5.73 Å². The van der Waals surface area contributed by atoms with E-state index in [1.165, 1.54) is 11.1 Å². The van der Waals surface area contributed by atoms with Crippen LogP contribution in [0.25, 0.3) is 0 Å². The van der Waals surface area contributed by atoms with E-state index in [2.05, 4.69) is 40.9 Å². The summed E-state index contributed by atoms with van der Waals surface area (Å²) < 4.78 is 0. The number of nitrogens with two attached hydrogens (primary N) is 1. The second kappa shape index (κ2) is 5.58. The molecule has 4 heteroatoms. The van der Waals surface area contributed by atoms with Gasteiger partial charge in [-0.3, -0.25) is 0 Å². The van der Waals surface area contributed by atoms with E-state index < -0.39 is 0 Å². The molecule has 0 saturated carbocycles. The van der Waals surface area contributed by atoms with Gasteiger partial charge in [0.2, 0.25) is 5.95 Å². The first-order valence-electron chi connectivity index (χ1n) is 6.23. The number of nitrogen functional groups attached to an aromatic ring is 1. The summed E-state index contributed by atoms with van der Waals surface area (Å²) in [6, 6.07) is 8.24. The van der Waals surface area contributed by atoms with Crippen LogP contribution >= 0.6 is 0 Å². The van der Waals surface area contributed by atoms with Crippen LogP contribution in [-0.2, 0) is 12.8 Å². The van der Waals surface area contributed by atoms with Crippen molar-refractivity contribution in [3.8, 4) is 0 Å². The minimum Gasteiger partial charge on any atom is -0.368 e. The molecule has 2 rings (SSSR count). The van der Waals surface area contributed by atoms with Crippen LogP contribution in [0.5, 0.6) is 0 Å². The molecule has 0 unspecified atom stereocenters. The summed E-state index contributed by atoms with van der Waals surface area (Å²) in [4.78, 5) is 12.8. The largest absolute Gasteiger partial charge is 0.368 e. The minimum absolute atomic E-state index is 0.317. The number of benzene rings is 1. The lowest BCUT2D eigenvalue weighted by molar-refractivity contribution is 0.791. The van der Waals surface area contributed by atoms with E-state index in [9.17, 15) is 0 Å². The van der Waals surface area contributed by atoms with Crippen molar-refractivity contribution in [3.63, 3.8) is 0 Å². The second-order valence-electron chi connectivity index (χ2n) is 4.38. The third kappa shape index (κ3) is 3.03. The maximum Gasteiger partial charge on any atom is 0.223 e. The third-order valence-electron chi connectivity index (χ3n) is 2.83. The van der Waals surface area contributed by atoms with Crippen molar-refractivity contribution in [2.75, 3.05) is 5.73 Å². The maximum absolute atomic E-state index is 5.72. The fourth-order valence-electron chi connectivity index (χ4n) is 1.88. The van der Waals surface area contributed by atoms with Crippen LogP contribution in [0.2, 0.25) is 0 Å². The van der Waals surface area contributed by atoms with Gasteiger partial charge in [0.25, 0.3) is 0 Å². The first kappa shape index (κ1) is 12.5. The van der Waals surface area contributed by atoms with Gasteiger partial charge in [0, 0.05) is 12.8 Å². The number of nitrogens with zero attached hydrogens (tertiary/aromatic N) is 3. The zero-order valence-electron chi connectivity index (χ0n) is 10.8. The van der Waals surface area contributed by atoms with Crippen LogP contribution in [0.3, 0.4) is 0 Å². The zero-order chi connectivity index (χ0) is 13.0. The molecule has 94 valence electrons. The number of hydrogen-bond donors (Lipinski definition) is 1. The van der Waals surface area contributed by atoms with Gasteiger partial charge in [0.05, 0.1) is 0 Å². The Hall–Kier alpha value is -1.97. The number of rotatable bonds is 4. The topological polar surface area (TPSA) is 64.7 Å². The minimum atomic E-state index is 0.317. The molecule has 18 heavy (non-hydrogen) atoms. The fourth-order valence-corrected chi connectivity index (χ4v) is 1.88. The average Bonchev–Trinajstić information content (AvgIpc) is 2.32. The van der Waals surface area contributed by atoms with Gasteiger partial charge in [-0.05, 0) is 24.5 Å². The van der Waals surface area contributed by atoms with Gasteiger partial charge in [0.15, 0.2) is 0 Å². The summed E-state index contributed by atoms with van der Waals surface area (Å²) in [5.74, 6) is 1.85. The molecule has 4 nitrogen and oxygen atoms in total. The van der Waals surface area contributed by atoms with Crippen molar-refractivity contribution in [2.45, 2.75) is 33.1 Å². The van der Waals surface area contributed by atoms with Crippen molar-refractivity contribution in [1.82, 2.24) is 15.0 Å². The number of aromatic nitrogens is 3. The molecule has 0 aliphatic heterocycles. The van der Waals surface area contributed by atoms with Gasteiger partial charge in [-0.1, -0.05) is 31.2 Å². The second-order valence-corrected chi connectivity index (χ2v) is 4.38. The molecule has 1 aromatic carbocycles. The lowest BCUT2D eigenvalue weighted by Gasteiger charge is -2.06. The summed E-state index contributed by atoms with van der Waals surface area (Å²) in [6.45, 7) is 4.19. The molecule has 0 spiro atoms. The van der Waals surface area contributed by atoms with Gasteiger partial charge in [0.1, 0.15) is 11.6 Å². The molecule has 0 saturated heterocycles. The van der Waals surface area contributed by atoms with E-state index in [0.29, 0.717) is 12.4 Å². The normalized spacial score (nSPS) is 10.6. The fraction of sp³-hybridized carbons (Fsp3) is 0.357. The quantitative estimate of drug-likeness (QED) is 0.893. The van der Waals surface area contributed by atoms with E-state index in [-0.39, 0.29) is 0 Å². The Morgan fingerprint density at radius 1 is 1.06 bits per heavy atom. The first-order chi connectivity index (χ1) is 8.69. The molecule has 1 aromatic heterocycles. The van der Waals surface area contributed by atoms with Crippen molar-refractivity contribution < 1.29 is 0 Å². The first-order valence-corrected chi connectivity index (χ1v) is 6.23. The van der Waals surface area contributed by atoms with Gasteiger partial charge >= 0.3 is 0 Å². The van der Waals surface area contributed by atoms with Gasteiger partial charge in [-0.15, -0.1) is 0 Å².